The third-order valence-electron chi connectivity index (χ3n) is 17.7. The summed E-state index contributed by atoms with van der Waals surface area (Å²) < 4.78 is 31.2. The highest BCUT2D eigenvalue weighted by molar-refractivity contribution is 5.66. The quantitative estimate of drug-likeness (QED) is 0.293. The van der Waals surface area contributed by atoms with Gasteiger partial charge in [-0.05, 0) is 116 Å². The van der Waals surface area contributed by atoms with E-state index >= 15 is 0 Å². The maximum Gasteiger partial charge on any atom is 0.303 e. The van der Waals surface area contributed by atoms with Crippen molar-refractivity contribution >= 4 is 5.97 Å². The summed E-state index contributed by atoms with van der Waals surface area (Å²) in [4.78, 5) is 17.2. The number of carbonyl (C=O) groups is 1. The molecule has 8 aliphatic rings. The number of nitrogens with zero attached hydrogens (tertiary/aromatic N) is 2. The van der Waals surface area contributed by atoms with Crippen molar-refractivity contribution in [2.75, 3.05) is 59.6 Å². The van der Waals surface area contributed by atoms with Crippen LogP contribution in [0.15, 0.2) is 0 Å². The van der Waals surface area contributed by atoms with E-state index in [1.165, 1.54) is 32.6 Å². The minimum absolute atomic E-state index is 0.0474. The van der Waals surface area contributed by atoms with E-state index in [0.717, 1.165) is 77.7 Å². The van der Waals surface area contributed by atoms with Gasteiger partial charge < -0.3 is 38.8 Å². The third-order valence-corrected chi connectivity index (χ3v) is 17.7. The molecule has 8 fully saturated rings. The molecule has 3 aliphatic heterocycles. The average Bonchev–Trinajstić information content (AvgIpc) is 3.70. The molecule has 302 valence electrons. The number of rotatable bonds is 10. The van der Waals surface area contributed by atoms with Gasteiger partial charge in [-0.3, -0.25) is 9.69 Å². The fourth-order valence-electron chi connectivity index (χ4n) is 15.3. The fraction of sp³-hybridized carbons (Fsp3) is 0.977. The summed E-state index contributed by atoms with van der Waals surface area (Å²) in [6, 6.07) is 0. The molecule has 53 heavy (non-hydrogen) atoms. The Morgan fingerprint density at radius 2 is 1.72 bits per heavy atom. The molecule has 0 aromatic carbocycles. The minimum Gasteiger partial charge on any atom is -0.457 e. The maximum atomic E-state index is 12.6. The van der Waals surface area contributed by atoms with Gasteiger partial charge in [0, 0.05) is 58.7 Å². The van der Waals surface area contributed by atoms with Crippen LogP contribution in [-0.2, 0) is 28.5 Å². The van der Waals surface area contributed by atoms with Crippen LogP contribution in [0.2, 0.25) is 0 Å². The van der Waals surface area contributed by atoms with Crippen LogP contribution >= 0.6 is 0 Å². The number of hydrogen-bond acceptors (Lipinski definition) is 10. The molecule has 8 rings (SSSR count). The monoisotopic (exact) mass is 745 g/mol. The Kier molecular flexibility index (Phi) is 9.83. The zero-order valence-corrected chi connectivity index (χ0v) is 34.4. The van der Waals surface area contributed by atoms with Gasteiger partial charge in [-0.15, -0.1) is 0 Å². The van der Waals surface area contributed by atoms with Crippen LogP contribution in [0.5, 0.6) is 0 Å². The summed E-state index contributed by atoms with van der Waals surface area (Å²) >= 11 is 0. The zero-order chi connectivity index (χ0) is 37.9. The van der Waals surface area contributed by atoms with Gasteiger partial charge in [0.05, 0.1) is 43.2 Å². The highest BCUT2D eigenvalue weighted by atomic mass is 16.7. The van der Waals surface area contributed by atoms with Gasteiger partial charge in [-0.2, -0.15) is 0 Å². The smallest absolute Gasteiger partial charge is 0.303 e. The molecule has 2 N–H and O–H groups in total. The zero-order valence-electron chi connectivity index (χ0n) is 34.4. The molecule has 14 atom stereocenters. The first-order valence-corrected chi connectivity index (χ1v) is 21.3. The summed E-state index contributed by atoms with van der Waals surface area (Å²) in [7, 11) is 1.78. The first kappa shape index (κ1) is 39.0. The molecule has 0 amide bonds. The van der Waals surface area contributed by atoms with Crippen LogP contribution in [0.3, 0.4) is 0 Å². The highest BCUT2D eigenvalue weighted by Crippen LogP contribution is 2.89. The number of likely N-dealkylation sites (tertiary alicyclic amines) is 1. The van der Waals surface area contributed by atoms with Crippen molar-refractivity contribution in [1.29, 1.82) is 0 Å². The number of esters is 1. The minimum atomic E-state index is -1.25. The lowest BCUT2D eigenvalue weighted by Crippen LogP contribution is -2.60. The lowest BCUT2D eigenvalue weighted by molar-refractivity contribution is -0.249. The Bertz CT molecular complexity index is 1380. The number of aliphatic hydroxyl groups excluding tert-OH is 1. The predicted molar refractivity (Wildman–Crippen MR) is 201 cm³/mol. The Morgan fingerprint density at radius 1 is 1.00 bits per heavy atom. The van der Waals surface area contributed by atoms with E-state index in [-0.39, 0.29) is 52.0 Å². The van der Waals surface area contributed by atoms with E-state index in [4.69, 9.17) is 23.7 Å². The Hall–Kier alpha value is -0.850. The number of hydrogen-bond donors (Lipinski definition) is 2. The van der Waals surface area contributed by atoms with Gasteiger partial charge in [-0.1, -0.05) is 34.6 Å². The van der Waals surface area contributed by atoms with E-state index in [9.17, 15) is 15.0 Å². The topological polar surface area (TPSA) is 110 Å². The SMILES string of the molecule is COCCN1CC(CN2CCO[C@@H](OC3CCC45CC46CCC4(C)[C@@H]7C(OC(C(OC(C)=O)C(C)(C)O)C[C@H]7C)[C@H](O)[C@@]4(C)C6CC[C@H]5C3(C)C)C2)C1. The summed E-state index contributed by atoms with van der Waals surface area (Å²) in [6.07, 6.45) is 6.77. The molecule has 8 unspecified atom stereocenters. The number of aliphatic hydroxyl groups is 2. The first-order valence-electron chi connectivity index (χ1n) is 21.3. The first-order chi connectivity index (χ1) is 24.9. The number of methoxy groups -OCH3 is 1. The Balaban J connectivity index is 0.957. The number of fused-ring (bicyclic) bond motifs is 4. The van der Waals surface area contributed by atoms with Crippen LogP contribution in [0.1, 0.15) is 107 Å². The van der Waals surface area contributed by atoms with Crippen LogP contribution < -0.4 is 0 Å². The Labute approximate surface area is 319 Å². The molecule has 10 nitrogen and oxygen atoms in total. The summed E-state index contributed by atoms with van der Waals surface area (Å²) in [5.41, 5.74) is -0.966. The van der Waals surface area contributed by atoms with E-state index in [0.29, 0.717) is 23.7 Å². The molecule has 0 aromatic rings. The molecule has 3 saturated heterocycles. The largest absolute Gasteiger partial charge is 0.457 e. The van der Waals surface area contributed by atoms with E-state index in [1.54, 1.807) is 21.0 Å². The van der Waals surface area contributed by atoms with Crippen molar-refractivity contribution in [3.8, 4) is 0 Å². The average molecular weight is 745 g/mol. The van der Waals surface area contributed by atoms with E-state index in [2.05, 4.69) is 44.4 Å². The molecule has 5 aliphatic carbocycles. The van der Waals surface area contributed by atoms with Gasteiger partial charge >= 0.3 is 5.97 Å². The summed E-state index contributed by atoms with van der Waals surface area (Å²) in [6.45, 7) is 24.8. The van der Waals surface area contributed by atoms with Crippen LogP contribution in [0.25, 0.3) is 0 Å². The standard InChI is InChI=1S/C43H72N2O8/c1-26-20-29(37(39(5,6)48)51-27(2)46)52-35-34(26)40(7)14-15-43-25-42(43)13-12-32(38(3,4)30(42)10-11-31(43)41(40,8)36(35)47)53-33-24-45(17-19-50-33)23-28-21-44(22-28)16-18-49-9/h26,28-37,47-48H,10-25H2,1-9H3/t26-,29?,30+,31?,32?,33+,34+,35?,36+,37?,40?,41-,42?,43?/m1/s1. The van der Waals surface area contributed by atoms with Crippen molar-refractivity contribution in [2.45, 2.75) is 149 Å². The number of ether oxygens (including phenoxy) is 5. The van der Waals surface area contributed by atoms with Crippen molar-refractivity contribution in [2.24, 2.45) is 56.7 Å². The van der Waals surface area contributed by atoms with Crippen molar-refractivity contribution in [3.05, 3.63) is 0 Å². The molecule has 10 heteroatoms. The van der Waals surface area contributed by atoms with Crippen molar-refractivity contribution < 1.29 is 38.7 Å². The van der Waals surface area contributed by atoms with Gasteiger partial charge in [0.25, 0.3) is 0 Å². The normalized spacial score (nSPS) is 48.7. The summed E-state index contributed by atoms with van der Waals surface area (Å²) in [5, 5.41) is 23.7. The van der Waals surface area contributed by atoms with Gasteiger partial charge in [0.2, 0.25) is 0 Å². The molecule has 0 aromatic heterocycles. The lowest BCUT2D eigenvalue weighted by atomic mass is 9.41. The fourth-order valence-corrected chi connectivity index (χ4v) is 15.3. The lowest BCUT2D eigenvalue weighted by Gasteiger charge is -2.64. The second kappa shape index (κ2) is 13.4. The predicted octanol–water partition coefficient (Wildman–Crippen LogP) is 5.12. The van der Waals surface area contributed by atoms with E-state index in [1.807, 2.05) is 0 Å². The van der Waals surface area contributed by atoms with Gasteiger partial charge in [0.15, 0.2) is 12.4 Å². The molecular weight excluding hydrogens is 672 g/mol. The molecular formula is C43H72N2O8. The van der Waals surface area contributed by atoms with Crippen LogP contribution in [0, 0.1) is 56.7 Å². The van der Waals surface area contributed by atoms with Crippen LogP contribution in [-0.4, -0.2) is 128 Å². The van der Waals surface area contributed by atoms with Crippen LogP contribution in [0.4, 0.5) is 0 Å². The van der Waals surface area contributed by atoms with Gasteiger partial charge in [-0.25, -0.2) is 0 Å². The van der Waals surface area contributed by atoms with Crippen molar-refractivity contribution in [3.63, 3.8) is 0 Å². The second-order valence-corrected chi connectivity index (χ2v) is 21.0. The van der Waals surface area contributed by atoms with Crippen molar-refractivity contribution in [1.82, 2.24) is 9.80 Å². The Morgan fingerprint density at radius 3 is 2.42 bits per heavy atom. The molecule has 5 saturated carbocycles. The third kappa shape index (κ3) is 5.86. The molecule has 0 bridgehead atoms. The summed E-state index contributed by atoms with van der Waals surface area (Å²) in [5.74, 6) is 1.84. The van der Waals surface area contributed by atoms with E-state index < -0.39 is 29.9 Å². The molecule has 3 heterocycles. The van der Waals surface area contributed by atoms with Gasteiger partial charge in [0.1, 0.15) is 0 Å². The second-order valence-electron chi connectivity index (χ2n) is 21.0. The maximum absolute atomic E-state index is 12.6. The molecule has 2 spiro atoms. The highest BCUT2D eigenvalue weighted by Gasteiger charge is 2.84. The number of morpholine rings is 1. The number of carbonyl (C=O) groups excluding carboxylic acids is 1. The molecule has 0 radical (unpaired) electrons.